The van der Waals surface area contributed by atoms with Gasteiger partial charge in [0.25, 0.3) is 0 Å². The molecule has 0 saturated carbocycles. The third-order valence-corrected chi connectivity index (χ3v) is 4.42. The summed E-state index contributed by atoms with van der Waals surface area (Å²) in [7, 11) is 3.45. The maximum Gasteiger partial charge on any atom is 0.226 e. The van der Waals surface area contributed by atoms with E-state index in [4.69, 9.17) is 11.6 Å². The number of nitrogens with zero attached hydrogens (tertiary/aromatic N) is 1. The fraction of sp³-hybridized carbons (Fsp3) is 0.316. The van der Waals surface area contributed by atoms with Gasteiger partial charge in [0, 0.05) is 30.4 Å². The smallest absolute Gasteiger partial charge is 0.226 e. The van der Waals surface area contributed by atoms with Gasteiger partial charge in [0.2, 0.25) is 5.91 Å². The number of rotatable bonds is 5. The second kappa shape index (κ2) is 7.67. The summed E-state index contributed by atoms with van der Waals surface area (Å²) in [5, 5.41) is 3.49. The number of aryl methyl sites for hydroxylation is 1. The average molecular weight is 349 g/mol. The normalized spacial score (nSPS) is 10.6. The van der Waals surface area contributed by atoms with Crippen molar-refractivity contribution in [3.05, 3.63) is 57.9 Å². The van der Waals surface area contributed by atoms with Crippen molar-refractivity contribution in [2.24, 2.45) is 0 Å². The Morgan fingerprint density at radius 1 is 1.21 bits per heavy atom. The molecule has 1 amide bonds. The monoisotopic (exact) mass is 348 g/mol. The quantitative estimate of drug-likeness (QED) is 0.847. The van der Waals surface area contributed by atoms with E-state index in [2.05, 4.69) is 12.2 Å². The first-order chi connectivity index (χ1) is 11.3. The molecule has 0 fully saturated rings. The molecule has 1 N–H and O–H groups in total. The van der Waals surface area contributed by atoms with E-state index in [0.29, 0.717) is 16.3 Å². The minimum Gasteiger partial charge on any atom is -0.353 e. The fourth-order valence-corrected chi connectivity index (χ4v) is 2.51. The summed E-state index contributed by atoms with van der Waals surface area (Å²) >= 11 is 5.95. The molecule has 0 aliphatic heterocycles. The minimum absolute atomic E-state index is 0.000869. The van der Waals surface area contributed by atoms with Crippen LogP contribution in [0.2, 0.25) is 5.02 Å². The molecule has 128 valence electrons. The molecule has 2 aromatic carbocycles. The highest BCUT2D eigenvalue weighted by Gasteiger charge is 2.14. The molecule has 2 aromatic rings. The molecule has 2 rings (SSSR count). The molecule has 0 aliphatic rings. The summed E-state index contributed by atoms with van der Waals surface area (Å²) in [5.74, 6) is -0.383. The Bertz CT molecular complexity index is 759. The van der Waals surface area contributed by atoms with Gasteiger partial charge >= 0.3 is 0 Å². The van der Waals surface area contributed by atoms with E-state index in [1.54, 1.807) is 38.1 Å². The zero-order chi connectivity index (χ0) is 17.9. The van der Waals surface area contributed by atoms with Gasteiger partial charge in [0.1, 0.15) is 0 Å². The summed E-state index contributed by atoms with van der Waals surface area (Å²) in [6, 6.07) is 9.13. The molecule has 0 radical (unpaired) electrons. The standard InChI is InChI=1S/C19H22ClFN2O/c1-5-13-6-8-16(14(10-13)11-18(24)23(3)4)22-17-9-7-15(20)12(2)19(17)21/h6-10,22H,5,11H2,1-4H3. The molecular formula is C19H22ClFN2O. The second-order valence-corrected chi connectivity index (χ2v) is 6.38. The van der Waals surface area contributed by atoms with Crippen LogP contribution in [0.1, 0.15) is 23.6 Å². The van der Waals surface area contributed by atoms with Crippen molar-refractivity contribution in [2.75, 3.05) is 19.4 Å². The van der Waals surface area contributed by atoms with Gasteiger partial charge < -0.3 is 10.2 Å². The number of amides is 1. The van der Waals surface area contributed by atoms with Gasteiger partial charge in [-0.05, 0) is 42.7 Å². The number of carbonyl (C=O) groups is 1. The maximum absolute atomic E-state index is 14.4. The van der Waals surface area contributed by atoms with Crippen LogP contribution < -0.4 is 5.32 Å². The summed E-state index contributed by atoms with van der Waals surface area (Å²) < 4.78 is 14.4. The Morgan fingerprint density at radius 3 is 2.50 bits per heavy atom. The minimum atomic E-state index is -0.382. The van der Waals surface area contributed by atoms with Gasteiger partial charge in [-0.3, -0.25) is 4.79 Å². The molecular weight excluding hydrogens is 327 g/mol. The summed E-state index contributed by atoms with van der Waals surface area (Å²) in [5.41, 5.74) is 3.45. The van der Waals surface area contributed by atoms with Crippen LogP contribution in [0.3, 0.4) is 0 Å². The van der Waals surface area contributed by atoms with E-state index >= 15 is 0 Å². The van der Waals surface area contributed by atoms with Crippen molar-refractivity contribution in [1.29, 1.82) is 0 Å². The van der Waals surface area contributed by atoms with Crippen LogP contribution in [0.15, 0.2) is 30.3 Å². The Balaban J connectivity index is 2.39. The Morgan fingerprint density at radius 2 is 1.88 bits per heavy atom. The number of halogens is 2. The largest absolute Gasteiger partial charge is 0.353 e. The molecule has 5 heteroatoms. The zero-order valence-corrected chi connectivity index (χ0v) is 15.2. The van der Waals surface area contributed by atoms with Crippen LogP contribution in [0.25, 0.3) is 0 Å². The molecule has 0 aliphatic carbocycles. The van der Waals surface area contributed by atoms with Gasteiger partial charge in [-0.25, -0.2) is 4.39 Å². The Labute approximate surface area is 147 Å². The molecule has 0 spiro atoms. The molecule has 0 atom stereocenters. The topological polar surface area (TPSA) is 32.3 Å². The van der Waals surface area contributed by atoms with Gasteiger partial charge in [-0.1, -0.05) is 30.7 Å². The van der Waals surface area contributed by atoms with Gasteiger partial charge in [0.15, 0.2) is 5.82 Å². The highest BCUT2D eigenvalue weighted by molar-refractivity contribution is 6.31. The van der Waals surface area contributed by atoms with Crippen LogP contribution in [0.4, 0.5) is 15.8 Å². The average Bonchev–Trinajstić information content (AvgIpc) is 2.56. The molecule has 0 aromatic heterocycles. The number of benzene rings is 2. The van der Waals surface area contributed by atoms with E-state index in [-0.39, 0.29) is 18.1 Å². The summed E-state index contributed by atoms with van der Waals surface area (Å²) in [6.45, 7) is 3.70. The first-order valence-electron chi connectivity index (χ1n) is 7.87. The predicted octanol–water partition coefficient (Wildman–Crippen LogP) is 4.72. The van der Waals surface area contributed by atoms with E-state index in [9.17, 15) is 9.18 Å². The van der Waals surface area contributed by atoms with Crippen molar-refractivity contribution >= 4 is 28.9 Å². The van der Waals surface area contributed by atoms with Gasteiger partial charge in [-0.2, -0.15) is 0 Å². The molecule has 3 nitrogen and oxygen atoms in total. The van der Waals surface area contributed by atoms with E-state index in [1.165, 1.54) is 0 Å². The van der Waals surface area contributed by atoms with Crippen molar-refractivity contribution in [3.8, 4) is 0 Å². The number of anilines is 2. The zero-order valence-electron chi connectivity index (χ0n) is 14.4. The number of carbonyl (C=O) groups excluding carboxylic acids is 1. The number of hydrogen-bond acceptors (Lipinski definition) is 2. The second-order valence-electron chi connectivity index (χ2n) is 5.97. The molecule has 0 saturated heterocycles. The molecule has 24 heavy (non-hydrogen) atoms. The Hall–Kier alpha value is -2.07. The molecule has 0 bridgehead atoms. The molecule has 0 unspecified atom stereocenters. The van der Waals surface area contributed by atoms with Crippen LogP contribution in [-0.4, -0.2) is 24.9 Å². The van der Waals surface area contributed by atoms with E-state index in [1.807, 2.05) is 18.2 Å². The lowest BCUT2D eigenvalue weighted by molar-refractivity contribution is -0.127. The van der Waals surface area contributed by atoms with Crippen molar-refractivity contribution < 1.29 is 9.18 Å². The summed E-state index contributed by atoms with van der Waals surface area (Å²) in [4.78, 5) is 13.6. The molecule has 0 heterocycles. The predicted molar refractivity (Wildman–Crippen MR) is 97.6 cm³/mol. The van der Waals surface area contributed by atoms with Crippen molar-refractivity contribution in [2.45, 2.75) is 26.7 Å². The SMILES string of the molecule is CCc1ccc(Nc2ccc(Cl)c(C)c2F)c(CC(=O)N(C)C)c1. The highest BCUT2D eigenvalue weighted by atomic mass is 35.5. The first-order valence-corrected chi connectivity index (χ1v) is 8.24. The third kappa shape index (κ3) is 4.06. The lowest BCUT2D eigenvalue weighted by atomic mass is 10.0. The third-order valence-electron chi connectivity index (χ3n) is 4.01. The van der Waals surface area contributed by atoms with Crippen LogP contribution in [-0.2, 0) is 17.6 Å². The number of likely N-dealkylation sites (N-methyl/N-ethyl adjacent to an activating group) is 1. The number of nitrogens with one attached hydrogen (secondary N) is 1. The van der Waals surface area contributed by atoms with E-state index < -0.39 is 0 Å². The van der Waals surface area contributed by atoms with E-state index in [0.717, 1.165) is 23.2 Å². The van der Waals surface area contributed by atoms with Gasteiger partial charge in [0.05, 0.1) is 12.1 Å². The summed E-state index contributed by atoms with van der Waals surface area (Å²) in [6.07, 6.45) is 1.13. The maximum atomic E-state index is 14.4. The van der Waals surface area contributed by atoms with Gasteiger partial charge in [-0.15, -0.1) is 0 Å². The van der Waals surface area contributed by atoms with Crippen molar-refractivity contribution in [3.63, 3.8) is 0 Å². The lowest BCUT2D eigenvalue weighted by Gasteiger charge is -2.17. The Kier molecular flexibility index (Phi) is 5.84. The highest BCUT2D eigenvalue weighted by Crippen LogP contribution is 2.29. The fourth-order valence-electron chi connectivity index (χ4n) is 2.36. The van der Waals surface area contributed by atoms with Crippen molar-refractivity contribution in [1.82, 2.24) is 4.90 Å². The van der Waals surface area contributed by atoms with Crippen LogP contribution >= 0.6 is 11.6 Å². The number of hydrogen-bond donors (Lipinski definition) is 1. The van der Waals surface area contributed by atoms with Crippen LogP contribution in [0.5, 0.6) is 0 Å². The first kappa shape index (κ1) is 18.3. The van der Waals surface area contributed by atoms with Crippen LogP contribution in [0, 0.1) is 12.7 Å². The lowest BCUT2D eigenvalue weighted by Crippen LogP contribution is -2.24.